The van der Waals surface area contributed by atoms with Crippen molar-refractivity contribution in [3.05, 3.63) is 76.0 Å². The highest BCUT2D eigenvalue weighted by Gasteiger charge is 2.13. The van der Waals surface area contributed by atoms with Crippen LogP contribution in [0.4, 0.5) is 0 Å². The third kappa shape index (κ3) is 3.75. The molecule has 0 bridgehead atoms. The van der Waals surface area contributed by atoms with Crippen LogP contribution in [-0.2, 0) is 6.42 Å². The highest BCUT2D eigenvalue weighted by Crippen LogP contribution is 2.22. The van der Waals surface area contributed by atoms with Crippen molar-refractivity contribution in [3.63, 3.8) is 0 Å². The van der Waals surface area contributed by atoms with Crippen LogP contribution < -0.4 is 0 Å². The first-order valence-corrected chi connectivity index (χ1v) is 8.24. The Bertz CT molecular complexity index is 722. The molecule has 1 heterocycles. The van der Waals surface area contributed by atoms with Crippen LogP contribution in [0.15, 0.2) is 65.2 Å². The van der Waals surface area contributed by atoms with Crippen molar-refractivity contribution in [2.45, 2.75) is 18.9 Å². The van der Waals surface area contributed by atoms with Crippen molar-refractivity contribution in [1.82, 2.24) is 4.98 Å². The Morgan fingerprint density at radius 2 is 1.68 bits per heavy atom. The Balaban J connectivity index is 1.62. The van der Waals surface area contributed by atoms with Gasteiger partial charge in [0.05, 0.1) is 6.20 Å². The molecule has 0 spiro atoms. The van der Waals surface area contributed by atoms with E-state index in [0.717, 1.165) is 6.42 Å². The lowest BCUT2D eigenvalue weighted by atomic mass is 10.0. The van der Waals surface area contributed by atoms with E-state index in [1.54, 1.807) is 6.20 Å². The van der Waals surface area contributed by atoms with E-state index in [-0.39, 0.29) is 0 Å². The Kier molecular flexibility index (Phi) is 4.90. The monoisotopic (exact) mass is 405 g/mol. The van der Waals surface area contributed by atoms with E-state index >= 15 is 0 Å². The summed E-state index contributed by atoms with van der Waals surface area (Å²) in [5.74, 6) is 0.394. The van der Waals surface area contributed by atoms with Crippen LogP contribution in [-0.4, -0.2) is 10.1 Å². The summed E-state index contributed by atoms with van der Waals surface area (Å²) in [5.41, 5.74) is 3.61. The van der Waals surface area contributed by atoms with Crippen LogP contribution in [0.5, 0.6) is 0 Å². The molecule has 22 heavy (non-hydrogen) atoms. The second-order valence-electron chi connectivity index (χ2n) is 5.12. The predicted molar refractivity (Wildman–Crippen MR) is 94.4 cm³/mol. The summed E-state index contributed by atoms with van der Waals surface area (Å²) in [6, 6.07) is 18.7. The SMILES string of the molecule is OC(CCc1ccc(-c2ccccc2)cc1)c1ncc(I)o1. The lowest BCUT2D eigenvalue weighted by Gasteiger charge is -2.07. The Labute approximate surface area is 143 Å². The number of aliphatic hydroxyl groups is 1. The molecule has 3 rings (SSSR count). The molecule has 2 aromatic carbocycles. The van der Waals surface area contributed by atoms with E-state index in [0.29, 0.717) is 16.1 Å². The van der Waals surface area contributed by atoms with E-state index in [1.165, 1.54) is 16.7 Å². The third-order valence-electron chi connectivity index (χ3n) is 3.55. The number of halogens is 1. The summed E-state index contributed by atoms with van der Waals surface area (Å²) in [6.45, 7) is 0. The van der Waals surface area contributed by atoms with Crippen LogP contribution >= 0.6 is 22.6 Å². The molecule has 1 aromatic heterocycles. The molecule has 1 N–H and O–H groups in total. The molecule has 3 nitrogen and oxygen atoms in total. The molecule has 0 radical (unpaired) electrons. The fraction of sp³-hybridized carbons (Fsp3) is 0.167. The molecule has 0 saturated heterocycles. The van der Waals surface area contributed by atoms with Crippen LogP contribution in [0, 0.1) is 3.77 Å². The quantitative estimate of drug-likeness (QED) is 0.631. The number of oxazole rings is 1. The minimum Gasteiger partial charge on any atom is -0.432 e. The van der Waals surface area contributed by atoms with Crippen molar-refractivity contribution >= 4 is 22.6 Å². The van der Waals surface area contributed by atoms with Crippen molar-refractivity contribution in [2.24, 2.45) is 0 Å². The molecule has 0 saturated carbocycles. The standard InChI is InChI=1S/C18H16INO2/c19-17-12-20-18(22-17)16(21)11-8-13-6-9-15(10-7-13)14-4-2-1-3-5-14/h1-7,9-10,12,16,21H,8,11H2. The highest BCUT2D eigenvalue weighted by atomic mass is 127. The summed E-state index contributed by atoms with van der Waals surface area (Å²) in [5, 5.41) is 10.1. The fourth-order valence-corrected chi connectivity index (χ4v) is 2.71. The molecule has 3 aromatic rings. The molecular weight excluding hydrogens is 389 g/mol. The number of rotatable bonds is 5. The molecule has 0 aliphatic rings. The van der Waals surface area contributed by atoms with Gasteiger partial charge in [0.25, 0.3) is 0 Å². The van der Waals surface area contributed by atoms with Gasteiger partial charge in [-0.05, 0) is 29.5 Å². The van der Waals surface area contributed by atoms with Crippen molar-refractivity contribution in [1.29, 1.82) is 0 Å². The third-order valence-corrected chi connectivity index (χ3v) is 4.05. The second kappa shape index (κ2) is 7.07. The molecule has 0 fully saturated rings. The summed E-state index contributed by atoms with van der Waals surface area (Å²) < 4.78 is 6.03. The summed E-state index contributed by atoms with van der Waals surface area (Å²) in [7, 11) is 0. The summed E-state index contributed by atoms with van der Waals surface area (Å²) in [4.78, 5) is 4.06. The lowest BCUT2D eigenvalue weighted by Crippen LogP contribution is -1.99. The fourth-order valence-electron chi connectivity index (χ4n) is 2.34. The van der Waals surface area contributed by atoms with Gasteiger partial charge in [0.2, 0.25) is 5.89 Å². The average Bonchev–Trinajstić information content (AvgIpc) is 3.00. The van der Waals surface area contributed by atoms with Gasteiger partial charge in [-0.15, -0.1) is 0 Å². The number of hydrogen-bond donors (Lipinski definition) is 1. The normalized spacial score (nSPS) is 12.3. The van der Waals surface area contributed by atoms with Gasteiger partial charge < -0.3 is 9.52 Å². The van der Waals surface area contributed by atoms with Crippen LogP contribution in [0.25, 0.3) is 11.1 Å². The second-order valence-corrected chi connectivity index (χ2v) is 6.18. The van der Waals surface area contributed by atoms with Crippen molar-refractivity contribution in [2.75, 3.05) is 0 Å². The van der Waals surface area contributed by atoms with Crippen LogP contribution in [0.1, 0.15) is 24.0 Å². The van der Waals surface area contributed by atoms with E-state index in [2.05, 4.69) is 41.4 Å². The molecule has 112 valence electrons. The van der Waals surface area contributed by atoms with Gasteiger partial charge in [-0.3, -0.25) is 0 Å². The van der Waals surface area contributed by atoms with Gasteiger partial charge in [-0.2, -0.15) is 0 Å². The van der Waals surface area contributed by atoms with Gasteiger partial charge in [0.15, 0.2) is 3.77 Å². The summed E-state index contributed by atoms with van der Waals surface area (Å²) in [6.07, 6.45) is 2.35. The molecule has 4 heteroatoms. The smallest absolute Gasteiger partial charge is 0.224 e. The number of aromatic nitrogens is 1. The Hall–Kier alpha value is -1.66. The van der Waals surface area contributed by atoms with E-state index < -0.39 is 6.10 Å². The Morgan fingerprint density at radius 1 is 1.00 bits per heavy atom. The largest absolute Gasteiger partial charge is 0.432 e. The van der Waals surface area contributed by atoms with Gasteiger partial charge in [-0.25, -0.2) is 4.98 Å². The van der Waals surface area contributed by atoms with Crippen molar-refractivity contribution in [3.8, 4) is 11.1 Å². The van der Waals surface area contributed by atoms with E-state index in [1.807, 2.05) is 40.8 Å². The topological polar surface area (TPSA) is 46.3 Å². The first-order chi connectivity index (χ1) is 10.7. The maximum Gasteiger partial charge on any atom is 0.224 e. The summed E-state index contributed by atoms with van der Waals surface area (Å²) >= 11 is 2.04. The highest BCUT2D eigenvalue weighted by molar-refractivity contribution is 14.1. The lowest BCUT2D eigenvalue weighted by molar-refractivity contribution is 0.133. The number of benzene rings is 2. The molecule has 0 aliphatic heterocycles. The Morgan fingerprint density at radius 3 is 2.32 bits per heavy atom. The molecule has 1 unspecified atom stereocenters. The van der Waals surface area contributed by atoms with Gasteiger partial charge in [0, 0.05) is 22.6 Å². The minimum atomic E-state index is -0.655. The van der Waals surface area contributed by atoms with Gasteiger partial charge in [0.1, 0.15) is 6.10 Å². The average molecular weight is 405 g/mol. The number of nitrogens with zero attached hydrogens (tertiary/aromatic N) is 1. The first kappa shape index (κ1) is 15.2. The van der Waals surface area contributed by atoms with Crippen LogP contribution in [0.3, 0.4) is 0 Å². The van der Waals surface area contributed by atoms with Gasteiger partial charge in [-0.1, -0.05) is 54.6 Å². The molecule has 0 aliphatic carbocycles. The van der Waals surface area contributed by atoms with E-state index in [9.17, 15) is 5.11 Å². The van der Waals surface area contributed by atoms with E-state index in [4.69, 9.17) is 4.42 Å². The number of hydrogen-bond acceptors (Lipinski definition) is 3. The zero-order chi connectivity index (χ0) is 15.4. The molecule has 0 amide bonds. The minimum absolute atomic E-state index is 0.394. The maximum atomic E-state index is 10.1. The zero-order valence-electron chi connectivity index (χ0n) is 11.9. The zero-order valence-corrected chi connectivity index (χ0v) is 14.1. The maximum absolute atomic E-state index is 10.1. The first-order valence-electron chi connectivity index (χ1n) is 7.16. The molecule has 1 atom stereocenters. The van der Waals surface area contributed by atoms with Gasteiger partial charge >= 0.3 is 0 Å². The number of aryl methyl sites for hydroxylation is 1. The predicted octanol–water partition coefficient (Wildman–Crippen LogP) is 4.61. The molecular formula is C18H16INO2. The number of aliphatic hydroxyl groups excluding tert-OH is 1. The van der Waals surface area contributed by atoms with Crippen LogP contribution in [0.2, 0.25) is 0 Å². The van der Waals surface area contributed by atoms with Crippen molar-refractivity contribution < 1.29 is 9.52 Å².